The van der Waals surface area contributed by atoms with Crippen molar-refractivity contribution < 1.29 is 33.7 Å². The van der Waals surface area contributed by atoms with E-state index in [2.05, 4.69) is 23.5 Å². The molecule has 3 aromatic heterocycles. The van der Waals surface area contributed by atoms with Crippen molar-refractivity contribution >= 4 is 45.5 Å². The van der Waals surface area contributed by atoms with Gasteiger partial charge in [-0.25, -0.2) is 14.8 Å². The van der Waals surface area contributed by atoms with E-state index < -0.39 is 29.5 Å². The number of ketones is 1. The molecule has 1 amide bonds. The minimum absolute atomic E-state index is 0.00114. The predicted molar refractivity (Wildman–Crippen MR) is 165 cm³/mol. The molecular formula is C32H32N4O7S. The Morgan fingerprint density at radius 1 is 1.14 bits per heavy atom. The number of aliphatic hydroxyl groups is 1. The Morgan fingerprint density at radius 2 is 1.93 bits per heavy atom. The number of Topliss-reactive ketones (excluding diaryl/α,β-unsaturated/α-hetero) is 1. The van der Waals surface area contributed by atoms with Crippen molar-refractivity contribution in [1.29, 1.82) is 0 Å². The van der Waals surface area contributed by atoms with Gasteiger partial charge in [0.05, 0.1) is 36.7 Å². The zero-order valence-corrected chi connectivity index (χ0v) is 25.6. The second-order valence-electron chi connectivity index (χ2n) is 10.1. The molecule has 12 heteroatoms. The molecule has 4 heterocycles. The number of fused-ring (bicyclic) bond motifs is 1. The second kappa shape index (κ2) is 12.7. The Balaban J connectivity index is 1.71. The average molecular weight is 617 g/mol. The second-order valence-corrected chi connectivity index (χ2v) is 11.0. The van der Waals surface area contributed by atoms with Gasteiger partial charge in [-0.1, -0.05) is 49.5 Å². The summed E-state index contributed by atoms with van der Waals surface area (Å²) < 4.78 is 18.4. The lowest BCUT2D eigenvalue weighted by molar-refractivity contribution is -0.132. The number of carbonyl (C=O) groups is 3. The van der Waals surface area contributed by atoms with Crippen molar-refractivity contribution in [1.82, 2.24) is 14.4 Å². The summed E-state index contributed by atoms with van der Waals surface area (Å²) in [5.74, 6) is -1.96. The molecule has 11 nitrogen and oxygen atoms in total. The molecule has 1 aliphatic rings. The number of amides is 1. The number of thiazole rings is 1. The highest BCUT2D eigenvalue weighted by atomic mass is 32.1. The van der Waals surface area contributed by atoms with Gasteiger partial charge in [0.1, 0.15) is 22.8 Å². The number of ether oxygens (including phenoxy) is 3. The fourth-order valence-corrected chi connectivity index (χ4v) is 6.03. The number of imidazole rings is 1. The van der Waals surface area contributed by atoms with Gasteiger partial charge in [-0.15, -0.1) is 0 Å². The third-order valence-electron chi connectivity index (χ3n) is 7.14. The number of esters is 1. The molecule has 0 bridgehead atoms. The average Bonchev–Trinajstić information content (AvgIpc) is 3.65. The van der Waals surface area contributed by atoms with Crippen LogP contribution in [0.2, 0.25) is 0 Å². The van der Waals surface area contributed by atoms with Crippen LogP contribution < -0.4 is 14.4 Å². The van der Waals surface area contributed by atoms with Crippen LogP contribution in [0.3, 0.4) is 0 Å². The number of methoxy groups -OCH3 is 1. The summed E-state index contributed by atoms with van der Waals surface area (Å²) in [7, 11) is 1.50. The van der Waals surface area contributed by atoms with E-state index in [1.807, 2.05) is 6.07 Å². The van der Waals surface area contributed by atoms with Crippen LogP contribution in [0.25, 0.3) is 11.4 Å². The highest BCUT2D eigenvalue weighted by Gasteiger charge is 2.49. The molecule has 228 valence electrons. The van der Waals surface area contributed by atoms with E-state index in [-0.39, 0.29) is 27.9 Å². The topological polar surface area (TPSA) is 133 Å². The lowest BCUT2D eigenvalue weighted by atomic mass is 9.96. The standard InChI is InChI=1S/C32H32N4O7S/c1-6-8-16-42-21-13-12-20(17-22(21)41-5)26-24(27(37)25-18(3)33-23-11-9-10-14-35(23)25)28(38)30(39)36(26)32-34-19(4)29(44-32)31(40)43-15-7-2/h7,9-14,17,26,37H,2,6,8,15-16H2,1,3-5H3/b27-24+. The van der Waals surface area contributed by atoms with E-state index in [0.29, 0.717) is 40.7 Å². The van der Waals surface area contributed by atoms with Gasteiger partial charge in [0.2, 0.25) is 0 Å². The number of aromatic nitrogens is 3. The van der Waals surface area contributed by atoms with Crippen molar-refractivity contribution in [2.75, 3.05) is 25.2 Å². The van der Waals surface area contributed by atoms with Gasteiger partial charge in [0.25, 0.3) is 5.78 Å². The molecule has 1 N–H and O–H groups in total. The van der Waals surface area contributed by atoms with E-state index >= 15 is 0 Å². The molecule has 44 heavy (non-hydrogen) atoms. The quantitative estimate of drug-likeness (QED) is 0.0574. The number of aryl methyl sites for hydroxylation is 2. The van der Waals surface area contributed by atoms with Crippen LogP contribution in [-0.2, 0) is 14.3 Å². The van der Waals surface area contributed by atoms with Gasteiger partial charge in [-0.05, 0) is 50.1 Å². The number of aliphatic hydroxyl groups excluding tert-OH is 1. The Morgan fingerprint density at radius 3 is 2.66 bits per heavy atom. The summed E-state index contributed by atoms with van der Waals surface area (Å²) in [5.41, 5.74) is 1.93. The fourth-order valence-electron chi connectivity index (χ4n) is 5.05. The monoisotopic (exact) mass is 616 g/mol. The zero-order chi connectivity index (χ0) is 31.5. The van der Waals surface area contributed by atoms with Gasteiger partial charge in [-0.2, -0.15) is 0 Å². The highest BCUT2D eigenvalue weighted by Crippen LogP contribution is 2.46. The SMILES string of the molecule is C=CCOC(=O)c1sc(N2C(=O)C(=O)/C(=C(/O)c3c(C)nc4ccccn34)C2c2ccc(OCCCC)c(OC)c2)nc1C. The molecule has 5 rings (SSSR count). The van der Waals surface area contributed by atoms with Crippen LogP contribution in [0, 0.1) is 13.8 Å². The molecule has 1 aliphatic heterocycles. The highest BCUT2D eigenvalue weighted by molar-refractivity contribution is 7.17. The minimum atomic E-state index is -1.12. The zero-order valence-electron chi connectivity index (χ0n) is 24.8. The molecule has 1 aromatic carbocycles. The Labute approximate surface area is 258 Å². The van der Waals surface area contributed by atoms with E-state index in [1.54, 1.807) is 54.8 Å². The summed E-state index contributed by atoms with van der Waals surface area (Å²) in [6.07, 6.45) is 4.96. The van der Waals surface area contributed by atoms with E-state index in [0.717, 1.165) is 24.2 Å². The molecule has 1 fully saturated rings. The van der Waals surface area contributed by atoms with Gasteiger partial charge < -0.3 is 19.3 Å². The fraction of sp³-hybridized carbons (Fsp3) is 0.281. The van der Waals surface area contributed by atoms with Gasteiger partial charge in [0, 0.05) is 6.20 Å². The molecule has 1 saturated heterocycles. The summed E-state index contributed by atoms with van der Waals surface area (Å²) in [6, 6.07) is 9.31. The van der Waals surface area contributed by atoms with Crippen LogP contribution in [0.15, 0.2) is 60.8 Å². The predicted octanol–water partition coefficient (Wildman–Crippen LogP) is 5.56. The molecular weight excluding hydrogens is 584 g/mol. The number of benzene rings is 1. The number of nitrogens with zero attached hydrogens (tertiary/aromatic N) is 4. The molecule has 0 radical (unpaired) electrons. The van der Waals surface area contributed by atoms with Crippen molar-refractivity contribution in [2.45, 2.75) is 39.7 Å². The maximum Gasteiger partial charge on any atom is 0.350 e. The van der Waals surface area contributed by atoms with E-state index in [9.17, 15) is 19.5 Å². The van der Waals surface area contributed by atoms with Crippen LogP contribution in [0.4, 0.5) is 5.13 Å². The van der Waals surface area contributed by atoms with Crippen LogP contribution in [0.1, 0.15) is 58.1 Å². The number of anilines is 1. The van der Waals surface area contributed by atoms with Crippen molar-refractivity contribution in [3.8, 4) is 11.5 Å². The van der Waals surface area contributed by atoms with Gasteiger partial charge >= 0.3 is 11.9 Å². The molecule has 0 spiro atoms. The minimum Gasteiger partial charge on any atom is -0.505 e. The number of hydrogen-bond acceptors (Lipinski definition) is 10. The van der Waals surface area contributed by atoms with Crippen molar-refractivity contribution in [2.24, 2.45) is 0 Å². The lowest BCUT2D eigenvalue weighted by Crippen LogP contribution is -2.29. The first-order chi connectivity index (χ1) is 21.2. The molecule has 0 saturated carbocycles. The molecule has 0 aliphatic carbocycles. The normalized spacial score (nSPS) is 16.0. The Hall–Kier alpha value is -4.97. The maximum absolute atomic E-state index is 13.8. The third kappa shape index (κ3) is 5.44. The summed E-state index contributed by atoms with van der Waals surface area (Å²) in [4.78, 5) is 50.6. The number of rotatable bonds is 11. The first kappa shape index (κ1) is 30.5. The summed E-state index contributed by atoms with van der Waals surface area (Å²) in [6.45, 7) is 9.43. The van der Waals surface area contributed by atoms with Gasteiger partial charge in [-0.3, -0.25) is 18.9 Å². The first-order valence-corrected chi connectivity index (χ1v) is 14.8. The van der Waals surface area contributed by atoms with Crippen LogP contribution in [0.5, 0.6) is 11.5 Å². The summed E-state index contributed by atoms with van der Waals surface area (Å²) in [5, 5.41) is 11.9. The number of unbranched alkanes of at least 4 members (excludes halogenated alkanes) is 1. The van der Waals surface area contributed by atoms with Crippen molar-refractivity contribution in [3.63, 3.8) is 0 Å². The largest absolute Gasteiger partial charge is 0.505 e. The maximum atomic E-state index is 13.8. The smallest absolute Gasteiger partial charge is 0.350 e. The van der Waals surface area contributed by atoms with Gasteiger partial charge in [0.15, 0.2) is 22.4 Å². The lowest BCUT2D eigenvalue weighted by Gasteiger charge is -2.24. The molecule has 1 atom stereocenters. The van der Waals surface area contributed by atoms with E-state index in [1.165, 1.54) is 18.1 Å². The summed E-state index contributed by atoms with van der Waals surface area (Å²) >= 11 is 0.918. The van der Waals surface area contributed by atoms with E-state index in [4.69, 9.17) is 14.2 Å². The van der Waals surface area contributed by atoms with Crippen LogP contribution >= 0.6 is 11.3 Å². The molecule has 1 unspecified atom stereocenters. The number of hydrogen-bond donors (Lipinski definition) is 1. The number of pyridine rings is 1. The third-order valence-corrected chi connectivity index (χ3v) is 8.28. The van der Waals surface area contributed by atoms with Crippen molar-refractivity contribution in [3.05, 3.63) is 88.3 Å². The van der Waals surface area contributed by atoms with Crippen LogP contribution in [-0.4, -0.2) is 57.5 Å². The first-order valence-electron chi connectivity index (χ1n) is 14.0. The molecule has 4 aromatic rings. The number of carbonyl (C=O) groups excluding carboxylic acids is 3. The Kier molecular flexibility index (Phi) is 8.81. The Bertz CT molecular complexity index is 1810.